The molecule has 4 heterocycles. The number of sulfonamides is 1. The molecule has 0 N–H and O–H groups in total. The van der Waals surface area contributed by atoms with Crippen LogP contribution in [0.25, 0.3) is 22.5 Å². The van der Waals surface area contributed by atoms with Gasteiger partial charge in [-0.2, -0.15) is 9.40 Å². The Labute approximate surface area is 201 Å². The Morgan fingerprint density at radius 3 is 2.43 bits per heavy atom. The van der Waals surface area contributed by atoms with E-state index in [0.29, 0.717) is 28.1 Å². The molecule has 0 spiro atoms. The molecule has 0 radical (unpaired) electrons. The molecule has 11 heteroatoms. The van der Waals surface area contributed by atoms with E-state index in [1.165, 1.54) is 16.4 Å². The Morgan fingerprint density at radius 2 is 1.80 bits per heavy atom. The van der Waals surface area contributed by atoms with Crippen LogP contribution in [-0.4, -0.2) is 64.5 Å². The molecule has 1 aromatic carbocycles. The van der Waals surface area contributed by atoms with Crippen molar-refractivity contribution < 1.29 is 22.0 Å². The lowest BCUT2D eigenvalue weighted by atomic mass is 10.1. The molecular weight excluding hydrogens is 473 g/mol. The maximum atomic E-state index is 13.6. The summed E-state index contributed by atoms with van der Waals surface area (Å²) in [7, 11) is -3.78. The molecule has 182 valence electrons. The SMILES string of the molecule is CC(C)n1ncc2c(C(=O)N3CCN(S(=O)(=O)c4ccc(F)cc4)CC3)cc(-c3ccco3)nc21. The van der Waals surface area contributed by atoms with Crippen molar-refractivity contribution in [1.29, 1.82) is 0 Å². The molecule has 0 saturated carbocycles. The zero-order valence-corrected chi connectivity index (χ0v) is 20.1. The smallest absolute Gasteiger partial charge is 0.254 e. The Kier molecular flexibility index (Phi) is 5.89. The average Bonchev–Trinajstić information content (AvgIpc) is 3.54. The first-order valence-corrected chi connectivity index (χ1v) is 12.7. The minimum Gasteiger partial charge on any atom is -0.463 e. The third kappa shape index (κ3) is 4.21. The van der Waals surface area contributed by atoms with Gasteiger partial charge in [0.05, 0.1) is 28.3 Å². The minimum absolute atomic E-state index is 0.0266. The number of furan rings is 1. The normalized spacial score (nSPS) is 15.3. The number of carbonyl (C=O) groups excluding carboxylic acids is 1. The molecular formula is C24H24FN5O4S. The highest BCUT2D eigenvalue weighted by molar-refractivity contribution is 7.89. The fourth-order valence-corrected chi connectivity index (χ4v) is 5.60. The second-order valence-corrected chi connectivity index (χ2v) is 10.5. The van der Waals surface area contributed by atoms with E-state index in [-0.39, 0.29) is 43.0 Å². The largest absolute Gasteiger partial charge is 0.463 e. The predicted octanol–water partition coefficient (Wildman–Crippen LogP) is 3.56. The molecule has 4 aromatic rings. The van der Waals surface area contributed by atoms with Crippen molar-refractivity contribution in [3.63, 3.8) is 0 Å². The van der Waals surface area contributed by atoms with Crippen LogP contribution >= 0.6 is 0 Å². The quantitative estimate of drug-likeness (QED) is 0.418. The van der Waals surface area contributed by atoms with Gasteiger partial charge in [-0.3, -0.25) is 4.79 Å². The van der Waals surface area contributed by atoms with Crippen LogP contribution in [0.2, 0.25) is 0 Å². The fraction of sp³-hybridized carbons (Fsp3) is 0.292. The maximum absolute atomic E-state index is 13.6. The van der Waals surface area contributed by atoms with Gasteiger partial charge in [0.2, 0.25) is 10.0 Å². The van der Waals surface area contributed by atoms with Gasteiger partial charge in [0, 0.05) is 32.2 Å². The third-order valence-corrected chi connectivity index (χ3v) is 7.95. The van der Waals surface area contributed by atoms with E-state index in [0.717, 1.165) is 12.1 Å². The van der Waals surface area contributed by atoms with E-state index in [4.69, 9.17) is 9.40 Å². The van der Waals surface area contributed by atoms with Crippen LogP contribution in [0, 0.1) is 5.82 Å². The lowest BCUT2D eigenvalue weighted by Crippen LogP contribution is -2.50. The van der Waals surface area contributed by atoms with Gasteiger partial charge in [-0.05, 0) is 56.3 Å². The standard InChI is InChI=1S/C24H24FN5O4S/c1-16(2)30-23-20(15-26-30)19(14-21(27-23)22-4-3-13-34-22)24(31)28-9-11-29(12-10-28)35(32,33)18-7-5-17(25)6-8-18/h3-8,13-16H,9-12H2,1-2H3. The number of benzene rings is 1. The van der Waals surface area contributed by atoms with Gasteiger partial charge < -0.3 is 9.32 Å². The summed E-state index contributed by atoms with van der Waals surface area (Å²) < 4.78 is 47.7. The number of aromatic nitrogens is 3. The van der Waals surface area contributed by atoms with Crippen LogP contribution in [0.5, 0.6) is 0 Å². The first-order valence-electron chi connectivity index (χ1n) is 11.2. The summed E-state index contributed by atoms with van der Waals surface area (Å²) in [5.41, 5.74) is 1.53. The second kappa shape index (κ2) is 8.90. The number of halogens is 1. The molecule has 1 aliphatic rings. The zero-order chi connectivity index (χ0) is 24.7. The highest BCUT2D eigenvalue weighted by atomic mass is 32.2. The van der Waals surface area contributed by atoms with Gasteiger partial charge in [0.1, 0.15) is 11.5 Å². The number of pyridine rings is 1. The maximum Gasteiger partial charge on any atom is 0.254 e. The number of hydrogen-bond donors (Lipinski definition) is 0. The van der Waals surface area contributed by atoms with Crippen molar-refractivity contribution in [3.8, 4) is 11.5 Å². The molecule has 1 saturated heterocycles. The summed E-state index contributed by atoms with van der Waals surface area (Å²) in [6.07, 6.45) is 3.18. The molecule has 5 rings (SSSR count). The van der Waals surface area contributed by atoms with Gasteiger partial charge in [-0.15, -0.1) is 0 Å². The molecule has 0 bridgehead atoms. The molecule has 1 amide bonds. The topological polar surface area (TPSA) is 102 Å². The van der Waals surface area contributed by atoms with Gasteiger partial charge in [0.25, 0.3) is 5.91 Å². The molecule has 3 aromatic heterocycles. The van der Waals surface area contributed by atoms with E-state index in [1.807, 2.05) is 13.8 Å². The Balaban J connectivity index is 1.43. The molecule has 0 aliphatic carbocycles. The number of hydrogen-bond acceptors (Lipinski definition) is 6. The predicted molar refractivity (Wildman–Crippen MR) is 127 cm³/mol. The highest BCUT2D eigenvalue weighted by Gasteiger charge is 2.31. The summed E-state index contributed by atoms with van der Waals surface area (Å²) in [6.45, 7) is 4.67. The molecule has 0 unspecified atom stereocenters. The van der Waals surface area contributed by atoms with E-state index in [2.05, 4.69) is 5.10 Å². The summed E-state index contributed by atoms with van der Waals surface area (Å²) in [5, 5.41) is 5.05. The molecule has 0 atom stereocenters. The fourth-order valence-electron chi connectivity index (χ4n) is 4.18. The van der Waals surface area contributed by atoms with E-state index >= 15 is 0 Å². The van der Waals surface area contributed by atoms with Gasteiger partial charge >= 0.3 is 0 Å². The lowest BCUT2D eigenvalue weighted by Gasteiger charge is -2.34. The Bertz CT molecular complexity index is 1470. The van der Waals surface area contributed by atoms with Gasteiger partial charge in [-0.1, -0.05) is 0 Å². The molecule has 1 aliphatic heterocycles. The lowest BCUT2D eigenvalue weighted by molar-refractivity contribution is 0.0700. The van der Waals surface area contributed by atoms with Crippen LogP contribution in [0.1, 0.15) is 30.2 Å². The molecule has 1 fully saturated rings. The minimum atomic E-state index is -3.78. The van der Waals surface area contributed by atoms with Crippen LogP contribution in [0.3, 0.4) is 0 Å². The summed E-state index contributed by atoms with van der Waals surface area (Å²) in [6, 6.07) is 10.00. The average molecular weight is 498 g/mol. The van der Waals surface area contributed by atoms with Crippen molar-refractivity contribution in [2.45, 2.75) is 24.8 Å². The van der Waals surface area contributed by atoms with Crippen molar-refractivity contribution in [3.05, 3.63) is 66.3 Å². The molecule has 35 heavy (non-hydrogen) atoms. The summed E-state index contributed by atoms with van der Waals surface area (Å²) in [4.78, 5) is 19.9. The highest BCUT2D eigenvalue weighted by Crippen LogP contribution is 2.28. The van der Waals surface area contributed by atoms with Crippen LogP contribution in [-0.2, 0) is 10.0 Å². The number of piperazine rings is 1. The monoisotopic (exact) mass is 497 g/mol. The number of rotatable bonds is 5. The number of amides is 1. The zero-order valence-electron chi connectivity index (χ0n) is 19.3. The summed E-state index contributed by atoms with van der Waals surface area (Å²) in [5.74, 6) is -0.197. The third-order valence-electron chi connectivity index (χ3n) is 6.04. The van der Waals surface area contributed by atoms with Crippen LogP contribution in [0.4, 0.5) is 4.39 Å². The van der Waals surface area contributed by atoms with Gasteiger partial charge in [0.15, 0.2) is 11.4 Å². The van der Waals surface area contributed by atoms with Crippen molar-refractivity contribution >= 4 is 27.0 Å². The summed E-state index contributed by atoms with van der Waals surface area (Å²) >= 11 is 0. The van der Waals surface area contributed by atoms with E-state index in [1.54, 1.807) is 40.2 Å². The van der Waals surface area contributed by atoms with Crippen LogP contribution < -0.4 is 0 Å². The first kappa shape index (κ1) is 23.2. The van der Waals surface area contributed by atoms with Crippen molar-refractivity contribution in [2.24, 2.45) is 0 Å². The number of carbonyl (C=O) groups is 1. The first-order chi connectivity index (χ1) is 16.8. The van der Waals surface area contributed by atoms with Crippen molar-refractivity contribution in [2.75, 3.05) is 26.2 Å². The van der Waals surface area contributed by atoms with Crippen LogP contribution in [0.15, 0.2) is 64.2 Å². The number of nitrogens with zero attached hydrogens (tertiary/aromatic N) is 5. The van der Waals surface area contributed by atoms with E-state index < -0.39 is 15.8 Å². The Hall–Kier alpha value is -3.57. The molecule has 9 nitrogen and oxygen atoms in total. The second-order valence-electron chi connectivity index (χ2n) is 8.60. The van der Waals surface area contributed by atoms with Gasteiger partial charge in [-0.25, -0.2) is 22.5 Å². The van der Waals surface area contributed by atoms with Crippen molar-refractivity contribution in [1.82, 2.24) is 24.0 Å². The Morgan fingerprint density at radius 1 is 1.09 bits per heavy atom. The van der Waals surface area contributed by atoms with E-state index in [9.17, 15) is 17.6 Å². The number of fused-ring (bicyclic) bond motifs is 1.